The molecule has 0 radical (unpaired) electrons. The summed E-state index contributed by atoms with van der Waals surface area (Å²) in [4.78, 5) is 14.5. The number of halogens is 2. The van der Waals surface area contributed by atoms with Crippen LogP contribution in [0.2, 0.25) is 10.0 Å². The average Bonchev–Trinajstić information content (AvgIpc) is 2.91. The SMILES string of the molecule is O=C(O)CC(c1ccc(Cl)c(Cl)c1)c1c[nH]c2ccccc12. The second-order valence-corrected chi connectivity index (χ2v) is 5.93. The molecule has 22 heavy (non-hydrogen) atoms. The van der Waals surface area contributed by atoms with Crippen LogP contribution in [-0.4, -0.2) is 16.1 Å². The Morgan fingerprint density at radius 1 is 1.14 bits per heavy atom. The second-order valence-electron chi connectivity index (χ2n) is 5.11. The molecule has 0 aliphatic rings. The van der Waals surface area contributed by atoms with E-state index in [1.165, 1.54) is 0 Å². The fourth-order valence-corrected chi connectivity index (χ4v) is 3.00. The van der Waals surface area contributed by atoms with Crippen molar-refractivity contribution in [2.24, 2.45) is 0 Å². The topological polar surface area (TPSA) is 53.1 Å². The molecule has 0 aliphatic heterocycles. The van der Waals surface area contributed by atoms with Crippen LogP contribution in [0.15, 0.2) is 48.7 Å². The summed E-state index contributed by atoms with van der Waals surface area (Å²) in [6, 6.07) is 13.1. The molecule has 0 bridgehead atoms. The molecule has 0 saturated carbocycles. The molecule has 0 saturated heterocycles. The van der Waals surface area contributed by atoms with Gasteiger partial charge in [0.05, 0.1) is 16.5 Å². The number of carboxylic acids is 1. The maximum Gasteiger partial charge on any atom is 0.304 e. The molecule has 0 aliphatic carbocycles. The highest BCUT2D eigenvalue weighted by Gasteiger charge is 2.21. The van der Waals surface area contributed by atoms with Crippen LogP contribution in [0.1, 0.15) is 23.5 Å². The van der Waals surface area contributed by atoms with Crippen LogP contribution in [0.4, 0.5) is 0 Å². The quantitative estimate of drug-likeness (QED) is 0.699. The first-order valence-corrected chi connectivity index (χ1v) is 7.54. The molecule has 3 rings (SSSR count). The van der Waals surface area contributed by atoms with E-state index in [-0.39, 0.29) is 12.3 Å². The third-order valence-electron chi connectivity index (χ3n) is 3.72. The van der Waals surface area contributed by atoms with E-state index in [1.54, 1.807) is 12.1 Å². The minimum Gasteiger partial charge on any atom is -0.481 e. The van der Waals surface area contributed by atoms with Gasteiger partial charge in [-0.3, -0.25) is 4.79 Å². The van der Waals surface area contributed by atoms with Gasteiger partial charge in [-0.2, -0.15) is 0 Å². The number of hydrogen-bond acceptors (Lipinski definition) is 1. The highest BCUT2D eigenvalue weighted by atomic mass is 35.5. The molecule has 1 heterocycles. The van der Waals surface area contributed by atoms with Gasteiger partial charge in [-0.25, -0.2) is 0 Å². The Balaban J connectivity index is 2.13. The zero-order chi connectivity index (χ0) is 15.7. The molecule has 0 fully saturated rings. The Hall–Kier alpha value is -1.97. The normalized spacial score (nSPS) is 12.5. The van der Waals surface area contributed by atoms with E-state index in [9.17, 15) is 9.90 Å². The molecular formula is C17H13Cl2NO2. The van der Waals surface area contributed by atoms with Crippen molar-refractivity contribution >= 4 is 40.1 Å². The van der Waals surface area contributed by atoms with Crippen molar-refractivity contribution < 1.29 is 9.90 Å². The standard InChI is InChI=1S/C17H13Cl2NO2/c18-14-6-5-10(7-15(14)19)12(8-17(21)22)13-9-20-16-4-2-1-3-11(13)16/h1-7,9,12,20H,8H2,(H,21,22). The first kappa shape index (κ1) is 14.9. The third kappa shape index (κ3) is 2.82. The number of para-hydroxylation sites is 1. The van der Waals surface area contributed by atoms with E-state index >= 15 is 0 Å². The number of fused-ring (bicyclic) bond motifs is 1. The van der Waals surface area contributed by atoms with Crippen molar-refractivity contribution in [3.63, 3.8) is 0 Å². The number of nitrogens with one attached hydrogen (secondary N) is 1. The maximum atomic E-state index is 11.3. The summed E-state index contributed by atoms with van der Waals surface area (Å²) >= 11 is 12.0. The van der Waals surface area contributed by atoms with Crippen LogP contribution in [0, 0.1) is 0 Å². The minimum absolute atomic E-state index is 0.0141. The summed E-state index contributed by atoms with van der Waals surface area (Å²) in [5.74, 6) is -1.15. The highest BCUT2D eigenvalue weighted by Crippen LogP contribution is 2.35. The molecule has 5 heteroatoms. The van der Waals surface area contributed by atoms with Crippen LogP contribution < -0.4 is 0 Å². The number of carbonyl (C=O) groups is 1. The Morgan fingerprint density at radius 3 is 2.64 bits per heavy atom. The highest BCUT2D eigenvalue weighted by molar-refractivity contribution is 6.42. The lowest BCUT2D eigenvalue weighted by Gasteiger charge is -2.16. The number of carboxylic acid groups (broad SMARTS) is 1. The lowest BCUT2D eigenvalue weighted by Crippen LogP contribution is -2.07. The molecule has 1 aromatic heterocycles. The van der Waals surface area contributed by atoms with Gasteiger partial charge in [0.15, 0.2) is 0 Å². The number of aliphatic carboxylic acids is 1. The zero-order valence-corrected chi connectivity index (χ0v) is 13.0. The summed E-state index contributed by atoms with van der Waals surface area (Å²) < 4.78 is 0. The first-order chi connectivity index (χ1) is 10.6. The Morgan fingerprint density at radius 2 is 1.91 bits per heavy atom. The molecular weight excluding hydrogens is 321 g/mol. The minimum atomic E-state index is -0.860. The van der Waals surface area contributed by atoms with E-state index in [4.69, 9.17) is 23.2 Å². The van der Waals surface area contributed by atoms with E-state index in [0.717, 1.165) is 22.0 Å². The van der Waals surface area contributed by atoms with Gasteiger partial charge in [0.2, 0.25) is 0 Å². The van der Waals surface area contributed by atoms with Gasteiger partial charge in [-0.15, -0.1) is 0 Å². The van der Waals surface area contributed by atoms with Crippen molar-refractivity contribution in [1.82, 2.24) is 4.98 Å². The number of rotatable bonds is 4. The lowest BCUT2D eigenvalue weighted by molar-refractivity contribution is -0.137. The first-order valence-electron chi connectivity index (χ1n) is 6.79. The van der Waals surface area contributed by atoms with Crippen LogP contribution >= 0.6 is 23.2 Å². The van der Waals surface area contributed by atoms with E-state index in [0.29, 0.717) is 10.0 Å². The molecule has 0 amide bonds. The third-order valence-corrected chi connectivity index (χ3v) is 4.46. The molecule has 2 aromatic carbocycles. The molecule has 3 nitrogen and oxygen atoms in total. The van der Waals surface area contributed by atoms with Crippen molar-refractivity contribution in [2.75, 3.05) is 0 Å². The average molecular weight is 334 g/mol. The second kappa shape index (κ2) is 6.03. The zero-order valence-electron chi connectivity index (χ0n) is 11.5. The number of aromatic amines is 1. The molecule has 112 valence electrons. The van der Waals surface area contributed by atoms with Gasteiger partial charge in [0.25, 0.3) is 0 Å². The Bertz CT molecular complexity index is 842. The fourth-order valence-electron chi connectivity index (χ4n) is 2.69. The van der Waals surface area contributed by atoms with Crippen molar-refractivity contribution in [3.05, 3.63) is 69.8 Å². The number of H-pyrrole nitrogens is 1. The lowest BCUT2D eigenvalue weighted by atomic mass is 9.88. The number of benzene rings is 2. The molecule has 1 atom stereocenters. The summed E-state index contributed by atoms with van der Waals surface area (Å²) in [5, 5.41) is 11.2. The largest absolute Gasteiger partial charge is 0.481 e. The smallest absolute Gasteiger partial charge is 0.304 e. The summed E-state index contributed by atoms with van der Waals surface area (Å²) in [6.07, 6.45) is 1.85. The van der Waals surface area contributed by atoms with Crippen molar-refractivity contribution in [3.8, 4) is 0 Å². The molecule has 1 unspecified atom stereocenters. The van der Waals surface area contributed by atoms with Gasteiger partial charge in [-0.1, -0.05) is 47.5 Å². The Labute approximate surface area is 137 Å². The van der Waals surface area contributed by atoms with Crippen molar-refractivity contribution in [2.45, 2.75) is 12.3 Å². The van der Waals surface area contributed by atoms with E-state index in [1.807, 2.05) is 36.5 Å². The van der Waals surface area contributed by atoms with Gasteiger partial charge in [0, 0.05) is 23.0 Å². The summed E-state index contributed by atoms with van der Waals surface area (Å²) in [5.41, 5.74) is 2.76. The predicted molar refractivity (Wildman–Crippen MR) is 88.9 cm³/mol. The molecule has 2 N–H and O–H groups in total. The van der Waals surface area contributed by atoms with E-state index < -0.39 is 5.97 Å². The molecule has 0 spiro atoms. The number of hydrogen-bond donors (Lipinski definition) is 2. The van der Waals surface area contributed by atoms with Gasteiger partial charge in [-0.05, 0) is 29.3 Å². The van der Waals surface area contributed by atoms with Gasteiger partial charge < -0.3 is 10.1 Å². The van der Waals surface area contributed by atoms with Crippen LogP contribution in [-0.2, 0) is 4.79 Å². The van der Waals surface area contributed by atoms with Gasteiger partial charge in [0.1, 0.15) is 0 Å². The number of aromatic nitrogens is 1. The summed E-state index contributed by atoms with van der Waals surface area (Å²) in [6.45, 7) is 0. The monoisotopic (exact) mass is 333 g/mol. The van der Waals surface area contributed by atoms with Crippen LogP contribution in [0.5, 0.6) is 0 Å². The summed E-state index contributed by atoms with van der Waals surface area (Å²) in [7, 11) is 0. The van der Waals surface area contributed by atoms with Gasteiger partial charge >= 0.3 is 5.97 Å². The van der Waals surface area contributed by atoms with Crippen molar-refractivity contribution in [1.29, 1.82) is 0 Å². The van der Waals surface area contributed by atoms with Crippen LogP contribution in [0.25, 0.3) is 10.9 Å². The van der Waals surface area contributed by atoms with Crippen LogP contribution in [0.3, 0.4) is 0 Å². The molecule has 3 aromatic rings. The maximum absolute atomic E-state index is 11.3. The fraction of sp³-hybridized carbons (Fsp3) is 0.118. The Kier molecular flexibility index (Phi) is 4.10. The van der Waals surface area contributed by atoms with E-state index in [2.05, 4.69) is 4.98 Å². The predicted octanol–water partition coefficient (Wildman–Crippen LogP) is 5.08.